The van der Waals surface area contributed by atoms with Crippen LogP contribution in [0, 0.1) is 5.92 Å². The van der Waals surface area contributed by atoms with Crippen molar-refractivity contribution in [2.75, 3.05) is 19.8 Å². The number of hydrogen-bond donors (Lipinski definition) is 1. The van der Waals surface area contributed by atoms with Crippen LogP contribution in [0.15, 0.2) is 18.2 Å². The minimum atomic E-state index is -0.246. The van der Waals surface area contributed by atoms with Gasteiger partial charge in [0.05, 0.1) is 12.0 Å². The average Bonchev–Trinajstić information content (AvgIpc) is 3.35. The Kier molecular flexibility index (Phi) is 5.23. The highest BCUT2D eigenvalue weighted by molar-refractivity contribution is 5.89. The fraction of sp³-hybridized carbons (Fsp3) is 0.619. The van der Waals surface area contributed by atoms with Crippen molar-refractivity contribution in [1.82, 2.24) is 10.2 Å². The van der Waals surface area contributed by atoms with Gasteiger partial charge in [-0.3, -0.25) is 9.59 Å². The number of benzene rings is 1. The van der Waals surface area contributed by atoms with Gasteiger partial charge in [0.15, 0.2) is 11.5 Å². The van der Waals surface area contributed by atoms with E-state index in [9.17, 15) is 9.59 Å². The third-order valence-corrected chi connectivity index (χ3v) is 5.99. The van der Waals surface area contributed by atoms with Gasteiger partial charge in [0.25, 0.3) is 0 Å². The first kappa shape index (κ1) is 18.1. The lowest BCUT2D eigenvalue weighted by atomic mass is 10.0. The first-order chi connectivity index (χ1) is 13.2. The van der Waals surface area contributed by atoms with Crippen molar-refractivity contribution >= 4 is 11.8 Å². The predicted octanol–water partition coefficient (Wildman–Crippen LogP) is 2.82. The molecule has 6 nitrogen and oxygen atoms in total. The number of carbonyl (C=O) groups excluding carboxylic acids is 2. The Balaban J connectivity index is 1.41. The number of carbonyl (C=O) groups is 2. The summed E-state index contributed by atoms with van der Waals surface area (Å²) in [4.78, 5) is 27.2. The Bertz CT molecular complexity index is 714. The summed E-state index contributed by atoms with van der Waals surface area (Å²) >= 11 is 0. The lowest BCUT2D eigenvalue weighted by molar-refractivity contribution is -0.130. The molecular weight excluding hydrogens is 344 g/mol. The van der Waals surface area contributed by atoms with Crippen LogP contribution < -0.4 is 14.8 Å². The molecule has 0 spiro atoms. The third kappa shape index (κ3) is 3.75. The van der Waals surface area contributed by atoms with Crippen LogP contribution in [0.3, 0.4) is 0 Å². The normalized spacial score (nSPS) is 23.5. The molecule has 146 valence electrons. The molecule has 1 saturated carbocycles. The summed E-state index contributed by atoms with van der Waals surface area (Å²) in [5, 5.41) is 3.15. The van der Waals surface area contributed by atoms with Gasteiger partial charge < -0.3 is 19.7 Å². The largest absolute Gasteiger partial charge is 0.486 e. The number of likely N-dealkylation sites (tertiary alicyclic amines) is 1. The van der Waals surface area contributed by atoms with Crippen molar-refractivity contribution in [2.45, 2.75) is 57.5 Å². The fourth-order valence-electron chi connectivity index (χ4n) is 4.46. The molecule has 2 aliphatic heterocycles. The van der Waals surface area contributed by atoms with E-state index in [4.69, 9.17) is 9.47 Å². The van der Waals surface area contributed by atoms with Crippen molar-refractivity contribution in [3.8, 4) is 11.5 Å². The maximum atomic E-state index is 12.8. The summed E-state index contributed by atoms with van der Waals surface area (Å²) in [5.41, 5.74) is 1.01. The molecule has 1 saturated heterocycles. The first-order valence-corrected chi connectivity index (χ1v) is 10.1. The zero-order chi connectivity index (χ0) is 18.8. The Morgan fingerprint density at radius 2 is 1.96 bits per heavy atom. The number of nitrogens with zero attached hydrogens (tertiary/aromatic N) is 1. The van der Waals surface area contributed by atoms with Gasteiger partial charge >= 0.3 is 0 Å². The van der Waals surface area contributed by atoms with Gasteiger partial charge in [-0.2, -0.15) is 0 Å². The van der Waals surface area contributed by atoms with Crippen LogP contribution in [0.1, 0.15) is 57.1 Å². The van der Waals surface area contributed by atoms with Gasteiger partial charge in [-0.05, 0) is 37.0 Å². The highest BCUT2D eigenvalue weighted by Gasteiger charge is 2.39. The van der Waals surface area contributed by atoms with Crippen molar-refractivity contribution in [2.24, 2.45) is 5.92 Å². The zero-order valence-corrected chi connectivity index (χ0v) is 15.9. The maximum Gasteiger partial charge on any atom is 0.225 e. The quantitative estimate of drug-likeness (QED) is 0.863. The van der Waals surface area contributed by atoms with E-state index in [1.807, 2.05) is 30.0 Å². The summed E-state index contributed by atoms with van der Waals surface area (Å²) in [5.74, 6) is 1.35. The topological polar surface area (TPSA) is 67.9 Å². The lowest BCUT2D eigenvalue weighted by Gasteiger charge is -2.25. The molecule has 27 heavy (non-hydrogen) atoms. The van der Waals surface area contributed by atoms with E-state index in [-0.39, 0.29) is 23.8 Å². The molecule has 2 heterocycles. The second-order valence-corrected chi connectivity index (χ2v) is 7.76. The maximum absolute atomic E-state index is 12.8. The van der Waals surface area contributed by atoms with Crippen LogP contribution in [0.25, 0.3) is 0 Å². The molecule has 0 aromatic heterocycles. The van der Waals surface area contributed by atoms with Gasteiger partial charge in [0.1, 0.15) is 13.2 Å². The lowest BCUT2D eigenvalue weighted by Crippen LogP contribution is -2.38. The number of fused-ring (bicyclic) bond motifs is 1. The van der Waals surface area contributed by atoms with Crippen molar-refractivity contribution in [1.29, 1.82) is 0 Å². The van der Waals surface area contributed by atoms with Crippen LogP contribution in [0.4, 0.5) is 0 Å². The van der Waals surface area contributed by atoms with Gasteiger partial charge in [-0.1, -0.05) is 25.8 Å². The monoisotopic (exact) mass is 372 g/mol. The fourth-order valence-corrected chi connectivity index (χ4v) is 4.46. The number of ether oxygens (including phenoxy) is 2. The standard InChI is InChI=1S/C21H28N2O4/c1-2-17(14-7-8-18-19(11-14)27-10-9-26-18)22-21(25)15-12-20(24)23(13-15)16-5-3-4-6-16/h7-8,11,15-17H,2-6,9-10,12-13H2,1H3,(H,22,25). The molecule has 2 fully saturated rings. The molecule has 1 aliphatic carbocycles. The number of hydrogen-bond acceptors (Lipinski definition) is 4. The molecule has 4 rings (SSSR count). The zero-order valence-electron chi connectivity index (χ0n) is 15.9. The summed E-state index contributed by atoms with van der Waals surface area (Å²) < 4.78 is 11.2. The molecule has 0 radical (unpaired) electrons. The van der Waals surface area contributed by atoms with E-state index < -0.39 is 0 Å². The highest BCUT2D eigenvalue weighted by atomic mass is 16.6. The SMILES string of the molecule is CCC(NC(=O)C1CC(=O)N(C2CCCC2)C1)c1ccc2c(c1)OCCO2. The van der Waals surface area contributed by atoms with Gasteiger partial charge in [0, 0.05) is 19.0 Å². The van der Waals surface area contributed by atoms with Crippen LogP contribution in [0.2, 0.25) is 0 Å². The van der Waals surface area contributed by atoms with Crippen molar-refractivity contribution in [3.63, 3.8) is 0 Å². The van der Waals surface area contributed by atoms with E-state index in [0.717, 1.165) is 36.3 Å². The molecule has 2 atom stereocenters. The van der Waals surface area contributed by atoms with Crippen LogP contribution >= 0.6 is 0 Å². The Morgan fingerprint density at radius 3 is 2.70 bits per heavy atom. The second kappa shape index (κ2) is 7.79. The van der Waals surface area contributed by atoms with Crippen molar-refractivity contribution in [3.05, 3.63) is 23.8 Å². The Labute approximate surface area is 160 Å². The summed E-state index contributed by atoms with van der Waals surface area (Å²) in [6, 6.07) is 6.08. The smallest absolute Gasteiger partial charge is 0.225 e. The number of nitrogens with one attached hydrogen (secondary N) is 1. The Hall–Kier alpha value is -2.24. The molecule has 1 aromatic carbocycles. The van der Waals surface area contributed by atoms with Crippen LogP contribution in [-0.4, -0.2) is 42.5 Å². The second-order valence-electron chi connectivity index (χ2n) is 7.76. The van der Waals surface area contributed by atoms with E-state index in [2.05, 4.69) is 5.32 Å². The third-order valence-electron chi connectivity index (χ3n) is 5.99. The average molecular weight is 372 g/mol. The molecule has 2 unspecified atom stereocenters. The Morgan fingerprint density at radius 1 is 1.22 bits per heavy atom. The summed E-state index contributed by atoms with van der Waals surface area (Å²) in [6.07, 6.45) is 5.64. The molecule has 6 heteroatoms. The minimum absolute atomic E-state index is 0.0226. The van der Waals surface area contributed by atoms with Crippen molar-refractivity contribution < 1.29 is 19.1 Å². The van der Waals surface area contributed by atoms with E-state index in [1.165, 1.54) is 12.8 Å². The molecule has 2 amide bonds. The summed E-state index contributed by atoms with van der Waals surface area (Å²) in [6.45, 7) is 3.72. The van der Waals surface area contributed by atoms with E-state index >= 15 is 0 Å². The van der Waals surface area contributed by atoms with Crippen LogP contribution in [-0.2, 0) is 9.59 Å². The molecule has 3 aliphatic rings. The predicted molar refractivity (Wildman–Crippen MR) is 101 cm³/mol. The van der Waals surface area contributed by atoms with Gasteiger partial charge in [0.2, 0.25) is 11.8 Å². The van der Waals surface area contributed by atoms with Gasteiger partial charge in [-0.15, -0.1) is 0 Å². The highest BCUT2D eigenvalue weighted by Crippen LogP contribution is 2.34. The minimum Gasteiger partial charge on any atom is -0.486 e. The molecular formula is C21H28N2O4. The molecule has 1 aromatic rings. The number of amides is 2. The number of rotatable bonds is 5. The van der Waals surface area contributed by atoms with E-state index in [1.54, 1.807) is 0 Å². The molecule has 1 N–H and O–H groups in total. The van der Waals surface area contributed by atoms with Crippen LogP contribution in [0.5, 0.6) is 11.5 Å². The first-order valence-electron chi connectivity index (χ1n) is 10.1. The van der Waals surface area contributed by atoms with Gasteiger partial charge in [-0.25, -0.2) is 0 Å². The molecule has 0 bridgehead atoms. The summed E-state index contributed by atoms with van der Waals surface area (Å²) in [7, 11) is 0. The van der Waals surface area contributed by atoms with E-state index in [0.29, 0.717) is 32.2 Å².